The molecule has 1 aromatic rings. The Morgan fingerprint density at radius 3 is 2.96 bits per heavy atom. The van der Waals surface area contributed by atoms with Gasteiger partial charge in [0.25, 0.3) is 0 Å². The summed E-state index contributed by atoms with van der Waals surface area (Å²) in [5, 5.41) is 9.17. The Bertz CT molecular complexity index is 603. The van der Waals surface area contributed by atoms with Gasteiger partial charge >= 0.3 is 6.09 Å². The summed E-state index contributed by atoms with van der Waals surface area (Å²) in [5.41, 5.74) is 0.0960. The van der Waals surface area contributed by atoms with Gasteiger partial charge in [0, 0.05) is 32.9 Å². The van der Waals surface area contributed by atoms with Crippen LogP contribution < -0.4 is 4.90 Å². The van der Waals surface area contributed by atoms with Gasteiger partial charge in [-0.05, 0) is 45.2 Å². The number of nitriles is 1. The Balaban J connectivity index is 1.93. The Kier molecular flexibility index (Phi) is 5.09. The van der Waals surface area contributed by atoms with Crippen molar-refractivity contribution in [3.63, 3.8) is 0 Å². The second-order valence-electron chi connectivity index (χ2n) is 6.95. The number of likely N-dealkylation sites (tertiary alicyclic amines) is 1. The second-order valence-corrected chi connectivity index (χ2v) is 6.95. The maximum absolute atomic E-state index is 12.1. The molecule has 0 saturated carbocycles. The predicted molar refractivity (Wildman–Crippen MR) is 88.1 cm³/mol. The van der Waals surface area contributed by atoms with Crippen LogP contribution in [-0.4, -0.2) is 48.3 Å². The summed E-state index contributed by atoms with van der Waals surface area (Å²) < 4.78 is 5.41. The summed E-state index contributed by atoms with van der Waals surface area (Å²) in [6, 6.07) is 5.69. The Morgan fingerprint density at radius 2 is 2.30 bits per heavy atom. The zero-order valence-corrected chi connectivity index (χ0v) is 14.2. The van der Waals surface area contributed by atoms with Gasteiger partial charge in [0.2, 0.25) is 0 Å². The summed E-state index contributed by atoms with van der Waals surface area (Å²) >= 11 is 0. The van der Waals surface area contributed by atoms with Crippen LogP contribution in [0, 0.1) is 17.2 Å². The molecular formula is C17H24N4O2. The number of carbonyl (C=O) groups excluding carboxylic acids is 1. The van der Waals surface area contributed by atoms with Crippen LogP contribution >= 0.6 is 0 Å². The molecule has 0 radical (unpaired) electrons. The maximum Gasteiger partial charge on any atom is 0.410 e. The van der Waals surface area contributed by atoms with E-state index >= 15 is 0 Å². The van der Waals surface area contributed by atoms with E-state index in [4.69, 9.17) is 10.00 Å². The third-order valence-corrected chi connectivity index (χ3v) is 3.74. The van der Waals surface area contributed by atoms with Crippen LogP contribution in [0.3, 0.4) is 0 Å². The molecule has 0 aromatic carbocycles. The highest BCUT2D eigenvalue weighted by atomic mass is 16.6. The van der Waals surface area contributed by atoms with Gasteiger partial charge in [-0.1, -0.05) is 0 Å². The number of nitrogens with zero attached hydrogens (tertiary/aromatic N) is 4. The van der Waals surface area contributed by atoms with E-state index in [1.807, 2.05) is 32.7 Å². The standard InChI is InChI=1S/C17H24N4O2/c1-17(2,3)23-16(22)21-9-7-13(12-21)11-20(4)15-14(10-18)6-5-8-19-15/h5-6,8,13H,7,9,11-12H2,1-4H3. The maximum atomic E-state index is 12.1. The van der Waals surface area contributed by atoms with Crippen molar-refractivity contribution < 1.29 is 9.53 Å². The number of pyridine rings is 1. The number of carbonyl (C=O) groups is 1. The SMILES string of the molecule is CN(CC1CCN(C(=O)OC(C)(C)C)C1)c1ncccc1C#N. The molecule has 6 heteroatoms. The van der Waals surface area contributed by atoms with E-state index in [1.54, 1.807) is 23.2 Å². The fraction of sp³-hybridized carbons (Fsp3) is 0.588. The largest absolute Gasteiger partial charge is 0.444 e. The van der Waals surface area contributed by atoms with Crippen LogP contribution in [0.2, 0.25) is 0 Å². The molecule has 1 aliphatic rings. The van der Waals surface area contributed by atoms with Gasteiger partial charge in [-0.25, -0.2) is 9.78 Å². The number of ether oxygens (including phenoxy) is 1. The number of rotatable bonds is 3. The predicted octanol–water partition coefficient (Wildman–Crippen LogP) is 2.65. The lowest BCUT2D eigenvalue weighted by Gasteiger charge is -2.25. The van der Waals surface area contributed by atoms with Gasteiger partial charge < -0.3 is 14.5 Å². The summed E-state index contributed by atoms with van der Waals surface area (Å²) in [7, 11) is 1.93. The lowest BCUT2D eigenvalue weighted by atomic mass is 10.1. The van der Waals surface area contributed by atoms with Crippen LogP contribution in [0.15, 0.2) is 18.3 Å². The van der Waals surface area contributed by atoms with Crippen LogP contribution in [0.25, 0.3) is 0 Å². The fourth-order valence-electron chi connectivity index (χ4n) is 2.74. The van der Waals surface area contributed by atoms with Crippen molar-refractivity contribution >= 4 is 11.9 Å². The lowest BCUT2D eigenvalue weighted by Crippen LogP contribution is -2.36. The molecule has 0 spiro atoms. The van der Waals surface area contributed by atoms with Crippen LogP contribution in [-0.2, 0) is 4.74 Å². The van der Waals surface area contributed by atoms with E-state index in [9.17, 15) is 4.79 Å². The molecule has 23 heavy (non-hydrogen) atoms. The number of amides is 1. The smallest absolute Gasteiger partial charge is 0.410 e. The minimum absolute atomic E-state index is 0.252. The van der Waals surface area contributed by atoms with Gasteiger partial charge in [-0.2, -0.15) is 5.26 Å². The zero-order valence-electron chi connectivity index (χ0n) is 14.2. The molecule has 124 valence electrons. The van der Waals surface area contributed by atoms with E-state index in [1.165, 1.54) is 0 Å². The second kappa shape index (κ2) is 6.86. The molecule has 1 aromatic heterocycles. The van der Waals surface area contributed by atoms with E-state index in [2.05, 4.69) is 11.1 Å². The molecule has 0 N–H and O–H groups in total. The van der Waals surface area contributed by atoms with Crippen molar-refractivity contribution in [2.24, 2.45) is 5.92 Å². The number of hydrogen-bond donors (Lipinski definition) is 0. The van der Waals surface area contributed by atoms with Gasteiger partial charge in [-0.3, -0.25) is 0 Å². The summed E-state index contributed by atoms with van der Waals surface area (Å²) in [6.07, 6.45) is 2.37. The highest BCUT2D eigenvalue weighted by Crippen LogP contribution is 2.23. The lowest BCUT2D eigenvalue weighted by molar-refractivity contribution is 0.0288. The monoisotopic (exact) mass is 316 g/mol. The quantitative estimate of drug-likeness (QED) is 0.857. The molecule has 1 amide bonds. The van der Waals surface area contributed by atoms with Crippen molar-refractivity contribution in [2.75, 3.05) is 31.6 Å². The highest BCUT2D eigenvalue weighted by molar-refractivity contribution is 5.68. The van der Waals surface area contributed by atoms with Gasteiger partial charge in [0.05, 0.1) is 5.56 Å². The summed E-state index contributed by atoms with van der Waals surface area (Å²) in [4.78, 5) is 20.1. The molecule has 1 fully saturated rings. The molecular weight excluding hydrogens is 292 g/mol. The van der Waals surface area contributed by atoms with E-state index in [0.717, 1.165) is 13.0 Å². The first kappa shape index (κ1) is 17.1. The molecule has 6 nitrogen and oxygen atoms in total. The van der Waals surface area contributed by atoms with Gasteiger partial charge in [0.15, 0.2) is 0 Å². The molecule has 2 rings (SSSR count). The molecule has 1 unspecified atom stereocenters. The molecule has 1 atom stereocenters. The Hall–Kier alpha value is -2.29. The molecule has 0 bridgehead atoms. The normalized spacial score (nSPS) is 17.7. The number of aromatic nitrogens is 1. The average Bonchev–Trinajstić information content (AvgIpc) is 2.94. The van der Waals surface area contributed by atoms with Crippen molar-refractivity contribution in [1.82, 2.24) is 9.88 Å². The minimum Gasteiger partial charge on any atom is -0.444 e. The van der Waals surface area contributed by atoms with Crippen molar-refractivity contribution in [3.05, 3.63) is 23.9 Å². The van der Waals surface area contributed by atoms with Crippen LogP contribution in [0.1, 0.15) is 32.8 Å². The van der Waals surface area contributed by atoms with Crippen LogP contribution in [0.5, 0.6) is 0 Å². The fourth-order valence-corrected chi connectivity index (χ4v) is 2.74. The first-order chi connectivity index (χ1) is 10.8. The number of hydrogen-bond acceptors (Lipinski definition) is 5. The van der Waals surface area contributed by atoms with Crippen LogP contribution in [0.4, 0.5) is 10.6 Å². The third-order valence-electron chi connectivity index (χ3n) is 3.74. The van der Waals surface area contributed by atoms with Crippen molar-refractivity contribution in [1.29, 1.82) is 5.26 Å². The van der Waals surface area contributed by atoms with E-state index < -0.39 is 5.60 Å². The van der Waals surface area contributed by atoms with Gasteiger partial charge in [0.1, 0.15) is 17.5 Å². The molecule has 2 heterocycles. The highest BCUT2D eigenvalue weighted by Gasteiger charge is 2.30. The van der Waals surface area contributed by atoms with Crippen molar-refractivity contribution in [3.8, 4) is 6.07 Å². The van der Waals surface area contributed by atoms with E-state index in [-0.39, 0.29) is 6.09 Å². The zero-order chi connectivity index (χ0) is 17.0. The molecule has 1 aliphatic heterocycles. The molecule has 1 saturated heterocycles. The Morgan fingerprint density at radius 1 is 1.57 bits per heavy atom. The topological polar surface area (TPSA) is 69.5 Å². The van der Waals surface area contributed by atoms with Gasteiger partial charge in [-0.15, -0.1) is 0 Å². The first-order valence-electron chi connectivity index (χ1n) is 7.84. The average molecular weight is 316 g/mol. The first-order valence-corrected chi connectivity index (χ1v) is 7.84. The number of anilines is 1. The third kappa shape index (κ3) is 4.59. The summed E-state index contributed by atoms with van der Waals surface area (Å²) in [5.74, 6) is 1.03. The van der Waals surface area contributed by atoms with Crippen molar-refractivity contribution in [2.45, 2.75) is 32.8 Å². The minimum atomic E-state index is -0.471. The Labute approximate surface area is 137 Å². The molecule has 0 aliphatic carbocycles. The summed E-state index contributed by atoms with van der Waals surface area (Å²) in [6.45, 7) is 7.75. The van der Waals surface area contributed by atoms with E-state index in [0.29, 0.717) is 30.4 Å².